The molecule has 4 nitrogen and oxygen atoms in total. The number of aliphatic hydroxyl groups excluding tert-OH is 1. The van der Waals surface area contributed by atoms with E-state index < -0.39 is 15.8 Å². The van der Waals surface area contributed by atoms with E-state index >= 15 is 0 Å². The molecule has 1 rings (SSSR count). The third kappa shape index (κ3) is 3.68. The second kappa shape index (κ2) is 5.80. The molecule has 1 aromatic rings. The number of benzene rings is 1. The van der Waals surface area contributed by atoms with Crippen molar-refractivity contribution in [2.75, 3.05) is 11.3 Å². The van der Waals surface area contributed by atoms with Gasteiger partial charge in [0.15, 0.2) is 0 Å². The van der Waals surface area contributed by atoms with E-state index in [1.165, 1.54) is 12.1 Å². The van der Waals surface area contributed by atoms with E-state index in [1.807, 2.05) is 0 Å². The fraction of sp³-hybridized carbons (Fsp3) is 0.273. The fourth-order valence-electron chi connectivity index (χ4n) is 1.16. The van der Waals surface area contributed by atoms with Crippen molar-refractivity contribution in [1.82, 2.24) is 0 Å². The fourth-order valence-corrected chi connectivity index (χ4v) is 1.71. The molecule has 18 heavy (non-hydrogen) atoms. The first kappa shape index (κ1) is 14.4. The molecule has 0 spiro atoms. The molecule has 0 bridgehead atoms. The molecule has 0 aliphatic carbocycles. The van der Waals surface area contributed by atoms with E-state index in [2.05, 4.69) is 11.8 Å². The molecular formula is C11H11F2NO3S. The molecule has 0 atom stereocenters. The molecule has 7 heteroatoms. The Labute approximate surface area is 104 Å². The van der Waals surface area contributed by atoms with Crippen molar-refractivity contribution >= 4 is 15.7 Å². The van der Waals surface area contributed by atoms with Crippen molar-refractivity contribution in [1.29, 1.82) is 0 Å². The number of halogens is 2. The minimum Gasteiger partial charge on any atom is -0.384 e. The smallest absolute Gasteiger partial charge is 0.355 e. The van der Waals surface area contributed by atoms with Gasteiger partial charge < -0.3 is 5.11 Å². The van der Waals surface area contributed by atoms with Gasteiger partial charge in [-0.3, -0.25) is 4.72 Å². The highest BCUT2D eigenvalue weighted by molar-refractivity contribution is 7.93. The lowest BCUT2D eigenvalue weighted by Crippen LogP contribution is -2.20. The van der Waals surface area contributed by atoms with E-state index in [0.717, 1.165) is 5.56 Å². The highest BCUT2D eigenvalue weighted by Gasteiger charge is 2.23. The number of nitrogens with one attached hydrogen (secondary N) is 1. The Morgan fingerprint density at radius 1 is 1.44 bits per heavy atom. The second-order valence-electron chi connectivity index (χ2n) is 3.40. The van der Waals surface area contributed by atoms with E-state index in [0.29, 0.717) is 5.56 Å². The zero-order chi connectivity index (χ0) is 13.8. The maximum Gasteiger partial charge on any atom is 0.355 e. The summed E-state index contributed by atoms with van der Waals surface area (Å²) >= 11 is 0. The van der Waals surface area contributed by atoms with Crippen molar-refractivity contribution in [3.8, 4) is 11.8 Å². The van der Waals surface area contributed by atoms with Crippen LogP contribution in [-0.4, -0.2) is 25.9 Å². The Morgan fingerprint density at radius 3 is 2.67 bits per heavy atom. The third-order valence-corrected chi connectivity index (χ3v) is 3.02. The van der Waals surface area contributed by atoms with Crippen molar-refractivity contribution < 1.29 is 22.3 Å². The number of hydrogen-bond donors (Lipinski definition) is 2. The van der Waals surface area contributed by atoms with Crippen molar-refractivity contribution in [2.45, 2.75) is 12.7 Å². The Balaban J connectivity index is 3.06. The van der Waals surface area contributed by atoms with Crippen LogP contribution in [0.4, 0.5) is 14.5 Å². The van der Waals surface area contributed by atoms with Gasteiger partial charge in [0.25, 0.3) is 10.0 Å². The van der Waals surface area contributed by atoms with Crippen molar-refractivity contribution in [3.63, 3.8) is 0 Å². The van der Waals surface area contributed by atoms with Crippen LogP contribution in [0.2, 0.25) is 0 Å². The molecule has 1 aromatic carbocycles. The van der Waals surface area contributed by atoms with Gasteiger partial charge >= 0.3 is 5.76 Å². The predicted molar refractivity (Wildman–Crippen MR) is 63.7 cm³/mol. The quantitative estimate of drug-likeness (QED) is 0.817. The summed E-state index contributed by atoms with van der Waals surface area (Å²) in [5.41, 5.74) is 1.21. The summed E-state index contributed by atoms with van der Waals surface area (Å²) in [6.45, 7) is 1.39. The van der Waals surface area contributed by atoms with Gasteiger partial charge in [0.05, 0.1) is 0 Å². The van der Waals surface area contributed by atoms with Crippen LogP contribution in [0, 0.1) is 18.8 Å². The zero-order valence-corrected chi connectivity index (χ0v) is 10.3. The number of hydrogen-bond acceptors (Lipinski definition) is 3. The highest BCUT2D eigenvalue weighted by Crippen LogP contribution is 2.17. The van der Waals surface area contributed by atoms with Crippen LogP contribution in [0.3, 0.4) is 0 Å². The largest absolute Gasteiger partial charge is 0.384 e. The lowest BCUT2D eigenvalue weighted by atomic mass is 10.1. The Kier molecular flexibility index (Phi) is 4.64. The van der Waals surface area contributed by atoms with E-state index in [1.54, 1.807) is 17.7 Å². The second-order valence-corrected chi connectivity index (χ2v) is 5.05. The minimum atomic E-state index is -4.68. The zero-order valence-electron chi connectivity index (χ0n) is 9.44. The lowest BCUT2D eigenvalue weighted by molar-refractivity contribution is 0.236. The number of alkyl halides is 2. The molecule has 0 amide bonds. The Hall–Kier alpha value is -1.65. The molecule has 0 heterocycles. The maximum atomic E-state index is 12.2. The molecule has 2 N–H and O–H groups in total. The molecular weight excluding hydrogens is 264 g/mol. The van der Waals surface area contributed by atoms with Crippen LogP contribution in [0.25, 0.3) is 0 Å². The van der Waals surface area contributed by atoms with Gasteiger partial charge in [-0.15, -0.1) is 0 Å². The average molecular weight is 275 g/mol. The van der Waals surface area contributed by atoms with Crippen LogP contribution in [0.15, 0.2) is 18.2 Å². The minimum absolute atomic E-state index is 0.00291. The number of sulfonamides is 1. The normalized spacial score (nSPS) is 10.9. The van der Waals surface area contributed by atoms with Gasteiger partial charge in [-0.05, 0) is 24.6 Å². The van der Waals surface area contributed by atoms with Crippen LogP contribution < -0.4 is 4.72 Å². The summed E-state index contributed by atoms with van der Waals surface area (Å²) < 4.78 is 48.0. The molecule has 0 radical (unpaired) electrons. The van der Waals surface area contributed by atoms with E-state index in [4.69, 9.17) is 5.11 Å². The first-order chi connectivity index (χ1) is 8.36. The van der Waals surface area contributed by atoms with Gasteiger partial charge in [-0.25, -0.2) is 8.42 Å². The van der Waals surface area contributed by atoms with Gasteiger partial charge in [-0.1, -0.05) is 17.9 Å². The summed E-state index contributed by atoms with van der Waals surface area (Å²) in [6, 6.07) is 4.24. The van der Waals surface area contributed by atoms with Crippen LogP contribution in [0.1, 0.15) is 11.1 Å². The van der Waals surface area contributed by atoms with Crippen molar-refractivity contribution in [3.05, 3.63) is 29.3 Å². The molecule has 0 unspecified atom stereocenters. The average Bonchev–Trinajstić information content (AvgIpc) is 2.29. The summed E-state index contributed by atoms with van der Waals surface area (Å²) in [6.07, 6.45) is 0. The number of anilines is 1. The standard InChI is InChI=1S/C11H11F2NO3S/c1-8-4-5-10(7-9(8)3-2-6-15)14-18(16,17)11(12)13/h4-5,7,11,14-15H,6H2,1H3. The van der Waals surface area contributed by atoms with E-state index in [9.17, 15) is 17.2 Å². The van der Waals surface area contributed by atoms with Crippen LogP contribution in [-0.2, 0) is 10.0 Å². The number of aryl methyl sites for hydroxylation is 1. The molecule has 98 valence electrons. The molecule has 0 fully saturated rings. The van der Waals surface area contributed by atoms with Gasteiger partial charge in [0, 0.05) is 11.3 Å². The SMILES string of the molecule is Cc1ccc(NS(=O)(=O)C(F)F)cc1C#CCO. The van der Waals surface area contributed by atoms with Gasteiger partial charge in [0.1, 0.15) is 6.61 Å². The van der Waals surface area contributed by atoms with Gasteiger partial charge in [-0.2, -0.15) is 8.78 Å². The predicted octanol–water partition coefficient (Wildman–Crippen LogP) is 1.30. The summed E-state index contributed by atoms with van der Waals surface area (Å²) in [7, 11) is -4.68. The first-order valence-electron chi connectivity index (χ1n) is 4.87. The molecule has 0 aliphatic rings. The summed E-state index contributed by atoms with van der Waals surface area (Å²) in [4.78, 5) is 0. The molecule has 0 saturated carbocycles. The van der Waals surface area contributed by atoms with E-state index in [-0.39, 0.29) is 12.3 Å². The monoisotopic (exact) mass is 275 g/mol. The van der Waals surface area contributed by atoms with Crippen LogP contribution >= 0.6 is 0 Å². The van der Waals surface area contributed by atoms with Gasteiger partial charge in [0.2, 0.25) is 0 Å². The Bertz CT molecular complexity index is 588. The highest BCUT2D eigenvalue weighted by atomic mass is 32.2. The number of rotatable bonds is 3. The lowest BCUT2D eigenvalue weighted by Gasteiger charge is -2.08. The van der Waals surface area contributed by atoms with Crippen molar-refractivity contribution in [2.24, 2.45) is 0 Å². The van der Waals surface area contributed by atoms with Crippen LogP contribution in [0.5, 0.6) is 0 Å². The topological polar surface area (TPSA) is 66.4 Å². The molecule has 0 saturated heterocycles. The maximum absolute atomic E-state index is 12.2. The third-order valence-electron chi connectivity index (χ3n) is 2.03. The first-order valence-corrected chi connectivity index (χ1v) is 6.41. The number of aliphatic hydroxyl groups is 1. The molecule has 0 aliphatic heterocycles. The summed E-state index contributed by atoms with van der Waals surface area (Å²) in [5.74, 6) is 1.50. The summed E-state index contributed by atoms with van der Waals surface area (Å²) in [5, 5.41) is 8.56. The molecule has 0 aromatic heterocycles. The Morgan fingerprint density at radius 2 is 2.11 bits per heavy atom.